The summed E-state index contributed by atoms with van der Waals surface area (Å²) >= 11 is 1.60. The third kappa shape index (κ3) is 4.46. The lowest BCUT2D eigenvalue weighted by molar-refractivity contribution is 0.0948. The van der Waals surface area contributed by atoms with Crippen molar-refractivity contribution in [1.82, 2.24) is 20.1 Å². The van der Waals surface area contributed by atoms with Crippen LogP contribution in [-0.4, -0.2) is 20.7 Å². The number of nitrogens with zero attached hydrogens (tertiary/aromatic N) is 3. The molecule has 0 saturated heterocycles. The molecule has 4 rings (SSSR count). The van der Waals surface area contributed by atoms with E-state index in [9.17, 15) is 4.79 Å². The summed E-state index contributed by atoms with van der Waals surface area (Å²) in [6, 6.07) is 19.4. The number of hydrogen-bond donors (Lipinski definition) is 1. The second-order valence-corrected chi connectivity index (χ2v) is 7.85. The lowest BCUT2D eigenvalue weighted by atomic mass is 10.1. The van der Waals surface area contributed by atoms with Crippen molar-refractivity contribution >= 4 is 17.7 Å². The molecule has 0 fully saturated rings. The van der Waals surface area contributed by atoms with Gasteiger partial charge in [-0.1, -0.05) is 42.1 Å². The zero-order valence-corrected chi connectivity index (χ0v) is 17.6. The van der Waals surface area contributed by atoms with Crippen molar-refractivity contribution in [2.75, 3.05) is 0 Å². The van der Waals surface area contributed by atoms with Crippen LogP contribution in [0.4, 0.5) is 0 Å². The van der Waals surface area contributed by atoms with Crippen molar-refractivity contribution in [3.63, 3.8) is 0 Å². The van der Waals surface area contributed by atoms with Gasteiger partial charge in [0.1, 0.15) is 11.6 Å². The predicted octanol–water partition coefficient (Wildman–Crippen LogP) is 4.70. The van der Waals surface area contributed by atoms with Gasteiger partial charge in [0.25, 0.3) is 5.91 Å². The van der Waals surface area contributed by atoms with Gasteiger partial charge in [0, 0.05) is 11.3 Å². The molecule has 0 aliphatic rings. The number of carbonyl (C=O) groups excluding carboxylic acids is 1. The number of nitrogens with one attached hydrogen (secondary N) is 1. The van der Waals surface area contributed by atoms with Gasteiger partial charge in [-0.25, -0.2) is 0 Å². The highest BCUT2D eigenvalue weighted by atomic mass is 32.2. The summed E-state index contributed by atoms with van der Waals surface area (Å²) in [5, 5.41) is 12.3. The minimum absolute atomic E-state index is 0.128. The summed E-state index contributed by atoms with van der Waals surface area (Å²) in [4.78, 5) is 12.5. The fraction of sp³-hybridized carbons (Fsp3) is 0.174. The van der Waals surface area contributed by atoms with Gasteiger partial charge in [0.15, 0.2) is 5.16 Å². The van der Waals surface area contributed by atoms with E-state index in [0.29, 0.717) is 17.9 Å². The molecular weight excluding hydrogens is 396 g/mol. The molecule has 1 N–H and O–H groups in total. The maximum Gasteiger partial charge on any atom is 0.251 e. The Morgan fingerprint density at radius 1 is 1.07 bits per heavy atom. The third-order valence-corrected chi connectivity index (χ3v) is 5.71. The Kier molecular flexibility index (Phi) is 5.99. The molecule has 1 amide bonds. The molecule has 7 heteroatoms. The number of amides is 1. The molecule has 6 nitrogen and oxygen atoms in total. The lowest BCUT2D eigenvalue weighted by Gasteiger charge is -2.11. The zero-order chi connectivity index (χ0) is 20.9. The normalized spacial score (nSPS) is 10.9. The monoisotopic (exact) mass is 418 g/mol. The predicted molar refractivity (Wildman–Crippen MR) is 117 cm³/mol. The highest BCUT2D eigenvalue weighted by Crippen LogP contribution is 2.26. The minimum Gasteiger partial charge on any atom is -0.467 e. The number of benzene rings is 2. The summed E-state index contributed by atoms with van der Waals surface area (Å²) in [6.45, 7) is 4.39. The van der Waals surface area contributed by atoms with Crippen molar-refractivity contribution in [2.45, 2.75) is 31.3 Å². The first kappa shape index (κ1) is 20.0. The molecule has 0 saturated carbocycles. The van der Waals surface area contributed by atoms with Crippen LogP contribution >= 0.6 is 11.8 Å². The van der Waals surface area contributed by atoms with Crippen LogP contribution in [0.25, 0.3) is 5.69 Å². The first-order valence-corrected chi connectivity index (χ1v) is 10.6. The number of carbonyl (C=O) groups is 1. The van der Waals surface area contributed by atoms with Crippen LogP contribution in [0.1, 0.15) is 33.1 Å². The Morgan fingerprint density at radius 3 is 2.73 bits per heavy atom. The molecule has 0 aliphatic heterocycles. The topological polar surface area (TPSA) is 73.0 Å². The number of para-hydroxylation sites is 1. The van der Waals surface area contributed by atoms with Crippen molar-refractivity contribution in [2.24, 2.45) is 0 Å². The summed E-state index contributed by atoms with van der Waals surface area (Å²) < 4.78 is 7.33. The maximum absolute atomic E-state index is 12.5. The smallest absolute Gasteiger partial charge is 0.251 e. The van der Waals surface area contributed by atoms with Crippen molar-refractivity contribution in [3.8, 4) is 5.69 Å². The van der Waals surface area contributed by atoms with Crippen LogP contribution in [0.15, 0.2) is 76.5 Å². The van der Waals surface area contributed by atoms with E-state index in [4.69, 9.17) is 4.42 Å². The van der Waals surface area contributed by atoms with E-state index in [2.05, 4.69) is 39.1 Å². The molecule has 0 aliphatic carbocycles. The number of thioether (sulfide) groups is 1. The van der Waals surface area contributed by atoms with Gasteiger partial charge >= 0.3 is 0 Å². The molecule has 30 heavy (non-hydrogen) atoms. The van der Waals surface area contributed by atoms with Crippen molar-refractivity contribution < 1.29 is 9.21 Å². The second-order valence-electron chi connectivity index (χ2n) is 6.90. The van der Waals surface area contributed by atoms with Crippen LogP contribution in [-0.2, 0) is 12.3 Å². The van der Waals surface area contributed by atoms with Gasteiger partial charge in [0.2, 0.25) is 0 Å². The average molecular weight is 419 g/mol. The van der Waals surface area contributed by atoms with Crippen LogP contribution in [0, 0.1) is 13.8 Å². The number of aromatic nitrogens is 3. The molecule has 4 aromatic rings. The first-order chi connectivity index (χ1) is 14.6. The van der Waals surface area contributed by atoms with E-state index < -0.39 is 0 Å². The molecule has 0 bridgehead atoms. The van der Waals surface area contributed by atoms with E-state index in [-0.39, 0.29) is 5.91 Å². The Morgan fingerprint density at radius 2 is 1.93 bits per heavy atom. The van der Waals surface area contributed by atoms with E-state index in [1.165, 1.54) is 0 Å². The average Bonchev–Trinajstić information content (AvgIpc) is 3.41. The molecule has 0 unspecified atom stereocenters. The quantitative estimate of drug-likeness (QED) is 0.441. The highest BCUT2D eigenvalue weighted by molar-refractivity contribution is 7.98. The lowest BCUT2D eigenvalue weighted by Crippen LogP contribution is -2.22. The molecule has 0 radical (unpaired) electrons. The fourth-order valence-electron chi connectivity index (χ4n) is 3.16. The second kappa shape index (κ2) is 9.00. The number of furan rings is 1. The van der Waals surface area contributed by atoms with Crippen LogP contribution in [0.2, 0.25) is 0 Å². The van der Waals surface area contributed by atoms with Gasteiger partial charge in [0.05, 0.1) is 18.5 Å². The molecule has 0 spiro atoms. The maximum atomic E-state index is 12.5. The Bertz CT molecular complexity index is 1150. The fourth-order valence-corrected chi connectivity index (χ4v) is 4.09. The molecule has 152 valence electrons. The number of rotatable bonds is 7. The largest absolute Gasteiger partial charge is 0.467 e. The summed E-state index contributed by atoms with van der Waals surface area (Å²) in [7, 11) is 0. The number of aryl methyl sites for hydroxylation is 2. The van der Waals surface area contributed by atoms with E-state index >= 15 is 0 Å². The Labute approximate surface area is 179 Å². The van der Waals surface area contributed by atoms with E-state index in [1.54, 1.807) is 24.1 Å². The van der Waals surface area contributed by atoms with E-state index in [0.717, 1.165) is 33.6 Å². The van der Waals surface area contributed by atoms with Crippen LogP contribution < -0.4 is 5.32 Å². The van der Waals surface area contributed by atoms with Crippen molar-refractivity contribution in [3.05, 3.63) is 95.2 Å². The number of hydrogen-bond acceptors (Lipinski definition) is 5. The zero-order valence-electron chi connectivity index (χ0n) is 16.8. The first-order valence-electron chi connectivity index (χ1n) is 9.62. The van der Waals surface area contributed by atoms with Gasteiger partial charge in [-0.2, -0.15) is 0 Å². The minimum atomic E-state index is -0.128. The van der Waals surface area contributed by atoms with Gasteiger partial charge in [-0.05, 0) is 55.3 Å². The van der Waals surface area contributed by atoms with E-state index in [1.807, 2.05) is 49.4 Å². The molecule has 2 aromatic heterocycles. The highest BCUT2D eigenvalue weighted by Gasteiger charge is 2.14. The van der Waals surface area contributed by atoms with Gasteiger partial charge in [-0.3, -0.25) is 9.36 Å². The summed E-state index contributed by atoms with van der Waals surface area (Å²) in [6.07, 6.45) is 1.59. The Hall–Kier alpha value is -3.32. The van der Waals surface area contributed by atoms with Gasteiger partial charge < -0.3 is 9.73 Å². The third-order valence-electron chi connectivity index (χ3n) is 4.71. The van der Waals surface area contributed by atoms with Crippen LogP contribution in [0.5, 0.6) is 0 Å². The standard InChI is InChI=1S/C23H22N4O2S/c1-16-7-3-4-11-21(16)27-17(2)25-26-23(27)30-15-18-8-5-9-19(13-18)22(28)24-14-20-10-6-12-29-20/h3-13H,14-15H2,1-2H3,(H,24,28). The molecule has 0 atom stereocenters. The molecule has 2 aromatic carbocycles. The summed E-state index contributed by atoms with van der Waals surface area (Å²) in [5.74, 6) is 2.12. The van der Waals surface area contributed by atoms with Gasteiger partial charge in [-0.15, -0.1) is 10.2 Å². The van der Waals surface area contributed by atoms with Crippen molar-refractivity contribution in [1.29, 1.82) is 0 Å². The SMILES string of the molecule is Cc1ccccc1-n1c(C)nnc1SCc1cccc(C(=O)NCc2ccco2)c1. The summed E-state index contributed by atoms with van der Waals surface area (Å²) in [5.41, 5.74) is 3.91. The molecular formula is C23H22N4O2S. The Balaban J connectivity index is 1.46. The molecule has 2 heterocycles. The van der Waals surface area contributed by atoms with Crippen LogP contribution in [0.3, 0.4) is 0 Å².